The molecule has 0 saturated carbocycles. The van der Waals surface area contributed by atoms with Gasteiger partial charge in [0.1, 0.15) is 5.75 Å². The predicted octanol–water partition coefficient (Wildman–Crippen LogP) is 1.31. The molecule has 0 bridgehead atoms. The van der Waals surface area contributed by atoms with Crippen molar-refractivity contribution in [3.63, 3.8) is 0 Å². The molecular formula is C11H15NO5S. The first-order valence-electron chi connectivity index (χ1n) is 5.37. The molecule has 0 spiro atoms. The molecule has 1 aliphatic rings. The number of nitrogens with one attached hydrogen (secondary N) is 1. The molecule has 7 heteroatoms. The minimum atomic E-state index is -3.84. The van der Waals surface area contributed by atoms with Gasteiger partial charge in [0.25, 0.3) is 0 Å². The Morgan fingerprint density at radius 2 is 2.00 bits per heavy atom. The van der Waals surface area contributed by atoms with E-state index >= 15 is 0 Å². The first kappa shape index (κ1) is 13.3. The van der Waals surface area contributed by atoms with E-state index in [0.29, 0.717) is 11.3 Å². The average Bonchev–Trinajstić information content (AvgIpc) is 2.27. The van der Waals surface area contributed by atoms with Crippen molar-refractivity contribution in [1.29, 1.82) is 0 Å². The Balaban J connectivity index is 2.36. The molecule has 1 aliphatic heterocycles. The highest BCUT2D eigenvalue weighted by molar-refractivity contribution is 7.84. The number of hydrogen-bond acceptors (Lipinski definition) is 5. The van der Waals surface area contributed by atoms with Gasteiger partial charge in [-0.25, -0.2) is 0 Å². The van der Waals surface area contributed by atoms with Crippen LogP contribution in [0.3, 0.4) is 0 Å². The molecule has 1 atom stereocenters. The number of rotatable bonds is 3. The summed E-state index contributed by atoms with van der Waals surface area (Å²) in [7, 11) is -2.76. The monoisotopic (exact) mass is 273 g/mol. The van der Waals surface area contributed by atoms with Gasteiger partial charge >= 0.3 is 10.3 Å². The van der Waals surface area contributed by atoms with E-state index in [0.717, 1.165) is 7.11 Å². The Bertz CT molecular complexity index is 540. The van der Waals surface area contributed by atoms with Crippen molar-refractivity contribution in [2.24, 2.45) is 0 Å². The van der Waals surface area contributed by atoms with Crippen LogP contribution in [0.2, 0.25) is 0 Å². The second-order valence-electron chi connectivity index (χ2n) is 4.28. The Hall–Kier alpha value is -1.15. The van der Waals surface area contributed by atoms with Crippen LogP contribution in [0.5, 0.6) is 5.75 Å². The molecule has 0 fully saturated rings. The summed E-state index contributed by atoms with van der Waals surface area (Å²) in [4.78, 5) is 0. The minimum absolute atomic E-state index is 0.581. The molecule has 1 aromatic carbocycles. The highest BCUT2D eigenvalue weighted by Crippen LogP contribution is 2.37. The summed E-state index contributed by atoms with van der Waals surface area (Å²) in [6, 6.07) is 7.07. The van der Waals surface area contributed by atoms with E-state index in [4.69, 9.17) is 9.47 Å². The van der Waals surface area contributed by atoms with Crippen LogP contribution in [-0.4, -0.2) is 21.3 Å². The van der Waals surface area contributed by atoms with Crippen LogP contribution in [0.15, 0.2) is 24.3 Å². The van der Waals surface area contributed by atoms with E-state index in [1.54, 1.807) is 32.0 Å². The van der Waals surface area contributed by atoms with Gasteiger partial charge in [-0.15, -0.1) is 0 Å². The fourth-order valence-electron chi connectivity index (χ4n) is 1.69. The van der Waals surface area contributed by atoms with E-state index < -0.39 is 22.3 Å². The highest BCUT2D eigenvalue weighted by Gasteiger charge is 2.36. The third kappa shape index (κ3) is 2.81. The number of benzene rings is 1. The van der Waals surface area contributed by atoms with E-state index in [1.165, 1.54) is 0 Å². The van der Waals surface area contributed by atoms with Gasteiger partial charge in [0.15, 0.2) is 6.23 Å². The van der Waals surface area contributed by atoms with Crippen molar-refractivity contribution >= 4 is 10.3 Å². The molecule has 1 N–H and O–H groups in total. The van der Waals surface area contributed by atoms with E-state index in [-0.39, 0.29) is 0 Å². The molecular weight excluding hydrogens is 258 g/mol. The molecule has 0 aromatic heterocycles. The lowest BCUT2D eigenvalue weighted by Crippen LogP contribution is -2.43. The number of ether oxygens (including phenoxy) is 2. The largest absolute Gasteiger partial charge is 0.462 e. The van der Waals surface area contributed by atoms with Gasteiger partial charge in [0.05, 0.1) is 7.11 Å². The fraction of sp³-hybridized carbons (Fsp3) is 0.455. The summed E-state index contributed by atoms with van der Waals surface area (Å²) in [5.41, 5.74) is 0.609. The Morgan fingerprint density at radius 3 is 2.67 bits per heavy atom. The molecule has 0 amide bonds. The van der Waals surface area contributed by atoms with Crippen LogP contribution in [-0.2, 0) is 19.2 Å². The van der Waals surface area contributed by atoms with Crippen LogP contribution in [0.4, 0.5) is 0 Å². The lowest BCUT2D eigenvalue weighted by Gasteiger charge is -2.37. The molecule has 0 aliphatic carbocycles. The molecule has 1 unspecified atom stereocenters. The van der Waals surface area contributed by atoms with Crippen LogP contribution < -0.4 is 9.46 Å². The van der Waals surface area contributed by atoms with Gasteiger partial charge < -0.3 is 9.47 Å². The van der Waals surface area contributed by atoms with Crippen molar-refractivity contribution < 1.29 is 22.1 Å². The molecule has 1 aromatic rings. The SMILES string of the molecule is COS(=O)(=O)NC1OC(C)(C)Oc2ccccc21. The maximum atomic E-state index is 11.4. The molecule has 100 valence electrons. The molecule has 6 nitrogen and oxygen atoms in total. The first-order chi connectivity index (χ1) is 8.33. The summed E-state index contributed by atoms with van der Waals surface area (Å²) >= 11 is 0. The Labute approximate surface area is 106 Å². The zero-order valence-corrected chi connectivity index (χ0v) is 11.2. The smallest absolute Gasteiger partial charge is 0.338 e. The van der Waals surface area contributed by atoms with Gasteiger partial charge in [-0.1, -0.05) is 18.2 Å². The van der Waals surface area contributed by atoms with Crippen molar-refractivity contribution in [2.75, 3.05) is 7.11 Å². The van der Waals surface area contributed by atoms with E-state index in [9.17, 15) is 8.42 Å². The van der Waals surface area contributed by atoms with Gasteiger partial charge in [-0.3, -0.25) is 4.18 Å². The highest BCUT2D eigenvalue weighted by atomic mass is 32.2. The third-order valence-electron chi connectivity index (χ3n) is 2.43. The lowest BCUT2D eigenvalue weighted by atomic mass is 10.1. The maximum absolute atomic E-state index is 11.4. The van der Waals surface area contributed by atoms with Crippen molar-refractivity contribution in [2.45, 2.75) is 25.9 Å². The maximum Gasteiger partial charge on any atom is 0.338 e. The summed E-state index contributed by atoms with van der Waals surface area (Å²) < 4.78 is 40.7. The topological polar surface area (TPSA) is 73.9 Å². The van der Waals surface area contributed by atoms with E-state index in [2.05, 4.69) is 8.91 Å². The van der Waals surface area contributed by atoms with Crippen LogP contribution in [0.25, 0.3) is 0 Å². The number of fused-ring (bicyclic) bond motifs is 1. The minimum Gasteiger partial charge on any atom is -0.462 e. The second-order valence-corrected chi connectivity index (χ2v) is 5.75. The van der Waals surface area contributed by atoms with Crippen LogP contribution in [0, 0.1) is 0 Å². The zero-order chi connectivity index (χ0) is 13.4. The molecule has 18 heavy (non-hydrogen) atoms. The fourth-order valence-corrected chi connectivity index (χ4v) is 2.23. The number of hydrogen-bond donors (Lipinski definition) is 1. The first-order valence-corrected chi connectivity index (χ1v) is 6.77. The normalized spacial score (nSPS) is 22.1. The molecule has 0 radical (unpaired) electrons. The Kier molecular flexibility index (Phi) is 3.33. The summed E-state index contributed by atoms with van der Waals surface area (Å²) in [5.74, 6) is -0.340. The summed E-state index contributed by atoms with van der Waals surface area (Å²) in [6.45, 7) is 3.41. The van der Waals surface area contributed by atoms with Crippen LogP contribution in [0.1, 0.15) is 25.6 Å². The predicted molar refractivity (Wildman–Crippen MR) is 64.0 cm³/mol. The van der Waals surface area contributed by atoms with Gasteiger partial charge in [0.2, 0.25) is 5.79 Å². The number of para-hydroxylation sites is 1. The van der Waals surface area contributed by atoms with Crippen LogP contribution >= 0.6 is 0 Å². The van der Waals surface area contributed by atoms with Gasteiger partial charge in [-0.2, -0.15) is 13.1 Å². The average molecular weight is 273 g/mol. The zero-order valence-electron chi connectivity index (χ0n) is 10.3. The van der Waals surface area contributed by atoms with E-state index in [1.807, 2.05) is 6.07 Å². The second kappa shape index (κ2) is 4.51. The molecule has 0 saturated heterocycles. The molecule has 1 heterocycles. The third-order valence-corrected chi connectivity index (χ3v) is 3.37. The standard InChI is InChI=1S/C11H15NO5S/c1-11(2)16-9-7-5-4-6-8(9)10(17-11)12-18(13,14)15-3/h4-7,10,12H,1-3H3. The van der Waals surface area contributed by atoms with Crippen molar-refractivity contribution in [1.82, 2.24) is 4.72 Å². The molecule has 2 rings (SSSR count). The van der Waals surface area contributed by atoms with Gasteiger partial charge in [0, 0.05) is 19.4 Å². The summed E-state index contributed by atoms with van der Waals surface area (Å²) in [5, 5.41) is 0. The van der Waals surface area contributed by atoms with Crippen molar-refractivity contribution in [3.05, 3.63) is 29.8 Å². The lowest BCUT2D eigenvalue weighted by molar-refractivity contribution is -0.210. The summed E-state index contributed by atoms with van der Waals surface area (Å²) in [6.07, 6.45) is -0.838. The van der Waals surface area contributed by atoms with Gasteiger partial charge in [-0.05, 0) is 6.07 Å². The van der Waals surface area contributed by atoms with Crippen molar-refractivity contribution in [3.8, 4) is 5.75 Å². The Morgan fingerprint density at radius 1 is 1.33 bits per heavy atom. The quantitative estimate of drug-likeness (QED) is 0.898.